The highest BCUT2D eigenvalue weighted by atomic mass is 16.6. The van der Waals surface area contributed by atoms with Gasteiger partial charge in [-0.05, 0) is 24.0 Å². The maximum Gasteiger partial charge on any atom is 0.129 e. The third-order valence-electron chi connectivity index (χ3n) is 5.17. The molecule has 2 fully saturated rings. The van der Waals surface area contributed by atoms with Crippen LogP contribution in [0.1, 0.15) is 30.0 Å². The van der Waals surface area contributed by atoms with Gasteiger partial charge in [0, 0.05) is 0 Å². The summed E-state index contributed by atoms with van der Waals surface area (Å²) in [6.07, 6.45) is 12.3. The van der Waals surface area contributed by atoms with Gasteiger partial charge in [-0.3, -0.25) is 5.01 Å². The van der Waals surface area contributed by atoms with Gasteiger partial charge in [0.05, 0.1) is 38.6 Å². The minimum Gasteiger partial charge on any atom is -0.373 e. The van der Waals surface area contributed by atoms with E-state index < -0.39 is 0 Å². The number of hydrazone groups is 1. The smallest absolute Gasteiger partial charge is 0.129 e. The zero-order valence-corrected chi connectivity index (χ0v) is 16.7. The first kappa shape index (κ1) is 19.6. The summed E-state index contributed by atoms with van der Waals surface area (Å²) in [4.78, 5) is 0. The van der Waals surface area contributed by atoms with Gasteiger partial charge in [-0.15, -0.1) is 0 Å². The minimum atomic E-state index is -0.159. The molecular weight excluding hydrogens is 360 g/mol. The molecule has 4 rings (SSSR count). The zero-order chi connectivity index (χ0) is 19.8. The Bertz CT molecular complexity index is 842. The number of hydrogen-bond donors (Lipinski definition) is 0. The molecule has 150 valence electrons. The Morgan fingerprint density at radius 3 is 2.48 bits per heavy atom. The fourth-order valence-corrected chi connectivity index (χ4v) is 3.23. The molecule has 2 saturated heterocycles. The first-order chi connectivity index (χ1) is 14.3. The van der Waals surface area contributed by atoms with Crippen LogP contribution in [0, 0.1) is 0 Å². The molecule has 4 nitrogen and oxygen atoms in total. The molecular formula is C25H28N2O2. The maximum atomic E-state index is 5.67. The largest absolute Gasteiger partial charge is 0.373 e. The summed E-state index contributed by atoms with van der Waals surface area (Å²) in [7, 11) is 0. The molecule has 0 spiro atoms. The molecule has 0 aliphatic carbocycles. The number of benzene rings is 2. The van der Waals surface area contributed by atoms with Crippen LogP contribution in [0.25, 0.3) is 6.08 Å². The number of allylic oxidation sites excluding steroid dienone is 1. The molecule has 0 radical (unpaired) electrons. The molecule has 2 aliphatic heterocycles. The third kappa shape index (κ3) is 6.14. The number of nitrogens with zero attached hydrogens (tertiary/aromatic N) is 2. The number of ether oxygens (including phenoxy) is 2. The molecule has 2 heterocycles. The van der Waals surface area contributed by atoms with Crippen LogP contribution in [0.15, 0.2) is 84.0 Å². The second-order valence-corrected chi connectivity index (χ2v) is 7.51. The second-order valence-electron chi connectivity index (χ2n) is 7.51. The van der Waals surface area contributed by atoms with E-state index in [2.05, 4.69) is 64.7 Å². The summed E-state index contributed by atoms with van der Waals surface area (Å²) in [5.74, 6) is 0. The van der Waals surface area contributed by atoms with Gasteiger partial charge < -0.3 is 9.47 Å². The Morgan fingerprint density at radius 2 is 1.72 bits per heavy atom. The van der Waals surface area contributed by atoms with Crippen molar-refractivity contribution in [3.63, 3.8) is 0 Å². The topological polar surface area (TPSA) is 37.1 Å². The first-order valence-electron chi connectivity index (χ1n) is 10.3. The van der Waals surface area contributed by atoms with Gasteiger partial charge in [0.25, 0.3) is 0 Å². The number of rotatable bonds is 11. The summed E-state index contributed by atoms with van der Waals surface area (Å²) in [5, 5.41) is 6.74. The molecule has 4 heteroatoms. The van der Waals surface area contributed by atoms with Gasteiger partial charge in [-0.2, -0.15) is 5.10 Å². The summed E-state index contributed by atoms with van der Waals surface area (Å²) in [5.41, 5.74) is 2.37. The van der Waals surface area contributed by atoms with Crippen LogP contribution in [-0.4, -0.2) is 43.2 Å². The van der Waals surface area contributed by atoms with Crippen molar-refractivity contribution in [2.45, 2.75) is 24.5 Å². The normalized spacial score (nSPS) is 23.4. The molecule has 0 N–H and O–H groups in total. The van der Waals surface area contributed by atoms with E-state index in [4.69, 9.17) is 9.47 Å². The van der Waals surface area contributed by atoms with Crippen molar-refractivity contribution in [2.75, 3.05) is 26.4 Å². The third-order valence-corrected chi connectivity index (χ3v) is 5.17. The van der Waals surface area contributed by atoms with E-state index in [0.717, 1.165) is 26.0 Å². The van der Waals surface area contributed by atoms with E-state index in [-0.39, 0.29) is 5.60 Å². The van der Waals surface area contributed by atoms with Crippen molar-refractivity contribution in [2.24, 2.45) is 5.10 Å². The van der Waals surface area contributed by atoms with Crippen LogP contribution in [0.2, 0.25) is 0 Å². The highest BCUT2D eigenvalue weighted by molar-refractivity contribution is 5.72. The minimum absolute atomic E-state index is 0.159. The van der Waals surface area contributed by atoms with Crippen LogP contribution in [-0.2, 0) is 9.47 Å². The van der Waals surface area contributed by atoms with Crippen LogP contribution in [0.5, 0.6) is 0 Å². The van der Waals surface area contributed by atoms with E-state index >= 15 is 0 Å². The average molecular weight is 389 g/mol. The lowest BCUT2D eigenvalue weighted by Crippen LogP contribution is -2.13. The van der Waals surface area contributed by atoms with Crippen LogP contribution in [0.3, 0.4) is 0 Å². The Kier molecular flexibility index (Phi) is 6.55. The highest BCUT2D eigenvalue weighted by Crippen LogP contribution is 2.36. The summed E-state index contributed by atoms with van der Waals surface area (Å²) >= 11 is 0. The molecule has 2 unspecified atom stereocenters. The molecule has 29 heavy (non-hydrogen) atoms. The average Bonchev–Trinajstić information content (AvgIpc) is 3.69. The van der Waals surface area contributed by atoms with Crippen molar-refractivity contribution in [3.05, 3.63) is 90.0 Å². The monoisotopic (exact) mass is 388 g/mol. The van der Waals surface area contributed by atoms with Crippen LogP contribution >= 0.6 is 0 Å². The number of epoxide rings is 1. The van der Waals surface area contributed by atoms with Crippen LogP contribution in [0.4, 0.5) is 0 Å². The van der Waals surface area contributed by atoms with Crippen molar-refractivity contribution >= 4 is 12.3 Å². The fraction of sp³-hybridized carbons (Fsp3) is 0.320. The molecule has 0 aromatic heterocycles. The molecule has 0 amide bonds. The van der Waals surface area contributed by atoms with E-state index in [0.29, 0.717) is 19.3 Å². The lowest BCUT2D eigenvalue weighted by atomic mass is 10.1. The highest BCUT2D eigenvalue weighted by Gasteiger charge is 2.43. The second kappa shape index (κ2) is 9.68. The molecule has 2 aromatic carbocycles. The zero-order valence-electron chi connectivity index (χ0n) is 16.7. The molecule has 2 aromatic rings. The van der Waals surface area contributed by atoms with E-state index in [1.165, 1.54) is 11.1 Å². The Labute approximate surface area is 173 Å². The Balaban J connectivity index is 1.09. The lowest BCUT2D eigenvalue weighted by Gasteiger charge is -2.04. The predicted molar refractivity (Wildman–Crippen MR) is 118 cm³/mol. The van der Waals surface area contributed by atoms with Gasteiger partial charge in [0.15, 0.2) is 0 Å². The van der Waals surface area contributed by atoms with Crippen molar-refractivity contribution in [1.29, 1.82) is 0 Å². The molecule has 2 atom stereocenters. The van der Waals surface area contributed by atoms with Gasteiger partial charge >= 0.3 is 0 Å². The SMILES string of the molecule is C(=C/COC/C=C/c1ccccc1)/CCC1(/C=N\N2CC2c2ccccc2)CO1. The molecule has 2 aliphatic rings. The standard InChI is InChI=1S/C25H28N2O2/c1-4-11-22(12-5-1)13-10-18-28-17-9-3-8-16-25(21-29-25)20-26-27-19-24(27)23-14-6-2-7-15-23/h1-7,9-15,20,24H,8,16-19,21H2/b9-3-,13-10+,26-20-. The Hall–Kier alpha value is -2.69. The van der Waals surface area contributed by atoms with E-state index in [1.807, 2.05) is 36.6 Å². The van der Waals surface area contributed by atoms with E-state index in [1.54, 1.807) is 0 Å². The summed E-state index contributed by atoms with van der Waals surface area (Å²) in [6, 6.07) is 21.2. The van der Waals surface area contributed by atoms with Crippen molar-refractivity contribution in [1.82, 2.24) is 5.01 Å². The summed E-state index contributed by atoms with van der Waals surface area (Å²) < 4.78 is 11.3. The Morgan fingerprint density at radius 1 is 1.00 bits per heavy atom. The molecule has 0 saturated carbocycles. The first-order valence-corrected chi connectivity index (χ1v) is 10.3. The number of hydrogen-bond acceptors (Lipinski definition) is 4. The van der Waals surface area contributed by atoms with Gasteiger partial charge in [0.2, 0.25) is 0 Å². The lowest BCUT2D eigenvalue weighted by molar-refractivity contribution is 0.194. The summed E-state index contributed by atoms with van der Waals surface area (Å²) in [6.45, 7) is 3.02. The van der Waals surface area contributed by atoms with Crippen LogP contribution < -0.4 is 0 Å². The van der Waals surface area contributed by atoms with Gasteiger partial charge in [-0.1, -0.05) is 85.0 Å². The quantitative estimate of drug-likeness (QED) is 0.239. The van der Waals surface area contributed by atoms with Crippen molar-refractivity contribution < 1.29 is 9.47 Å². The van der Waals surface area contributed by atoms with Crippen molar-refractivity contribution in [3.8, 4) is 0 Å². The molecule has 0 bridgehead atoms. The van der Waals surface area contributed by atoms with Gasteiger partial charge in [0.1, 0.15) is 5.60 Å². The fourth-order valence-electron chi connectivity index (χ4n) is 3.23. The maximum absolute atomic E-state index is 5.67. The van der Waals surface area contributed by atoms with E-state index in [9.17, 15) is 0 Å². The predicted octanol–water partition coefficient (Wildman–Crippen LogP) is 4.86. The van der Waals surface area contributed by atoms with Gasteiger partial charge in [-0.25, -0.2) is 0 Å².